The van der Waals surface area contributed by atoms with Crippen LogP contribution in [0.2, 0.25) is 0 Å². The van der Waals surface area contributed by atoms with Crippen LogP contribution in [0.4, 0.5) is 10.9 Å². The molecule has 0 bridgehead atoms. The van der Waals surface area contributed by atoms with Gasteiger partial charge in [0.05, 0.1) is 6.10 Å². The lowest BCUT2D eigenvalue weighted by Crippen LogP contribution is -2.31. The van der Waals surface area contributed by atoms with E-state index in [0.29, 0.717) is 23.2 Å². The summed E-state index contributed by atoms with van der Waals surface area (Å²) >= 11 is 1.31. The largest absolute Gasteiger partial charge is 0.382 e. The third-order valence-corrected chi connectivity index (χ3v) is 4.53. The molecule has 1 aliphatic heterocycles. The van der Waals surface area contributed by atoms with Gasteiger partial charge < -0.3 is 20.7 Å². The summed E-state index contributed by atoms with van der Waals surface area (Å²) in [5, 5.41) is 3.65. The first-order chi connectivity index (χ1) is 8.99. The number of nitrogens with two attached hydrogens (primary N) is 1. The second-order valence-electron chi connectivity index (χ2n) is 4.94. The molecule has 0 aromatic carbocycles. The fourth-order valence-electron chi connectivity index (χ4n) is 2.02. The molecule has 6 nitrogen and oxygen atoms in total. The molecule has 0 saturated carbocycles. The minimum absolute atomic E-state index is 0.151. The minimum Gasteiger partial charge on any atom is -0.382 e. The highest BCUT2D eigenvalue weighted by Crippen LogP contribution is 2.27. The molecule has 1 fully saturated rings. The van der Waals surface area contributed by atoms with Gasteiger partial charge in [0.1, 0.15) is 10.7 Å². The normalized spacial score (nSPS) is 22.5. The summed E-state index contributed by atoms with van der Waals surface area (Å²) in [7, 11) is 3.75. The van der Waals surface area contributed by atoms with Crippen LogP contribution in [0.1, 0.15) is 23.0 Å². The number of amides is 1. The highest BCUT2D eigenvalue weighted by molar-refractivity contribution is 7.18. The smallest absolute Gasteiger partial charge is 0.265 e. The van der Waals surface area contributed by atoms with E-state index in [1.54, 1.807) is 0 Å². The highest BCUT2D eigenvalue weighted by Gasteiger charge is 2.25. The predicted octanol–water partition coefficient (Wildman–Crippen LogP) is 0.946. The summed E-state index contributed by atoms with van der Waals surface area (Å²) in [6.07, 6.45) is 1.19. The van der Waals surface area contributed by atoms with Crippen LogP contribution in [-0.2, 0) is 4.74 Å². The molecule has 3 N–H and O–H groups in total. The van der Waals surface area contributed by atoms with Gasteiger partial charge in [0.15, 0.2) is 5.13 Å². The summed E-state index contributed by atoms with van der Waals surface area (Å²) < 4.78 is 5.47. The first-order valence-corrected chi connectivity index (χ1v) is 7.14. The molecule has 1 aromatic rings. The van der Waals surface area contributed by atoms with Crippen LogP contribution in [0.5, 0.6) is 0 Å². The molecule has 1 saturated heterocycles. The Hall–Kier alpha value is -1.34. The molecule has 1 amide bonds. The summed E-state index contributed by atoms with van der Waals surface area (Å²) in [4.78, 5) is 18.6. The fraction of sp³-hybridized carbons (Fsp3) is 0.667. The summed E-state index contributed by atoms with van der Waals surface area (Å²) in [6, 6.07) is 0. The number of nitrogens with one attached hydrogen (secondary N) is 1. The Morgan fingerprint density at radius 2 is 2.37 bits per heavy atom. The van der Waals surface area contributed by atoms with E-state index in [1.165, 1.54) is 11.3 Å². The van der Waals surface area contributed by atoms with Crippen molar-refractivity contribution in [2.45, 2.75) is 19.4 Å². The van der Waals surface area contributed by atoms with E-state index in [4.69, 9.17) is 10.5 Å². The Labute approximate surface area is 116 Å². The maximum absolute atomic E-state index is 12.1. The van der Waals surface area contributed by atoms with Gasteiger partial charge in [0.25, 0.3) is 5.91 Å². The lowest BCUT2D eigenvalue weighted by molar-refractivity contribution is 0.0911. The van der Waals surface area contributed by atoms with Gasteiger partial charge >= 0.3 is 0 Å². The van der Waals surface area contributed by atoms with E-state index in [9.17, 15) is 4.79 Å². The first-order valence-electron chi connectivity index (χ1n) is 6.32. The summed E-state index contributed by atoms with van der Waals surface area (Å²) in [6.45, 7) is 3.43. The van der Waals surface area contributed by atoms with Crippen molar-refractivity contribution in [2.24, 2.45) is 5.92 Å². The maximum Gasteiger partial charge on any atom is 0.265 e. The number of rotatable bonds is 4. The highest BCUT2D eigenvalue weighted by atomic mass is 32.1. The van der Waals surface area contributed by atoms with Crippen molar-refractivity contribution in [1.29, 1.82) is 0 Å². The molecular weight excluding hydrogens is 264 g/mol. The molecule has 2 heterocycles. The number of carbonyl (C=O) groups is 1. The monoisotopic (exact) mass is 284 g/mol. The second-order valence-corrected chi connectivity index (χ2v) is 5.92. The molecule has 2 atom stereocenters. The quantitative estimate of drug-likeness (QED) is 0.860. The number of anilines is 2. The van der Waals surface area contributed by atoms with Gasteiger partial charge in [-0.1, -0.05) is 11.3 Å². The topological polar surface area (TPSA) is 80.5 Å². The fourth-order valence-corrected chi connectivity index (χ4v) is 2.85. The Morgan fingerprint density at radius 3 is 2.89 bits per heavy atom. The van der Waals surface area contributed by atoms with Gasteiger partial charge in [-0.3, -0.25) is 4.79 Å². The van der Waals surface area contributed by atoms with Crippen LogP contribution in [-0.4, -0.2) is 44.2 Å². The van der Waals surface area contributed by atoms with Gasteiger partial charge in [-0.05, 0) is 13.3 Å². The van der Waals surface area contributed by atoms with E-state index >= 15 is 0 Å². The number of nitrogen functional groups attached to an aromatic ring is 1. The number of carbonyl (C=O) groups excluding carboxylic acids is 1. The molecule has 1 aliphatic rings. The maximum atomic E-state index is 12.1. The van der Waals surface area contributed by atoms with Crippen LogP contribution in [0.3, 0.4) is 0 Å². The van der Waals surface area contributed by atoms with Crippen molar-refractivity contribution in [2.75, 3.05) is 37.9 Å². The van der Waals surface area contributed by atoms with Crippen molar-refractivity contribution < 1.29 is 9.53 Å². The molecule has 7 heteroatoms. The van der Waals surface area contributed by atoms with Crippen LogP contribution in [0.15, 0.2) is 0 Å². The zero-order valence-corrected chi connectivity index (χ0v) is 12.3. The van der Waals surface area contributed by atoms with E-state index < -0.39 is 0 Å². The van der Waals surface area contributed by atoms with Crippen LogP contribution < -0.4 is 16.0 Å². The van der Waals surface area contributed by atoms with E-state index in [2.05, 4.69) is 10.3 Å². The third-order valence-electron chi connectivity index (χ3n) is 3.29. The molecular formula is C12H20N4O2S. The van der Waals surface area contributed by atoms with Gasteiger partial charge in [-0.25, -0.2) is 4.98 Å². The summed E-state index contributed by atoms with van der Waals surface area (Å²) in [5.41, 5.74) is 5.78. The van der Waals surface area contributed by atoms with Gasteiger partial charge in [-0.2, -0.15) is 0 Å². The molecule has 0 spiro atoms. The minimum atomic E-state index is -0.151. The van der Waals surface area contributed by atoms with Crippen LogP contribution in [0.25, 0.3) is 0 Å². The van der Waals surface area contributed by atoms with Gasteiger partial charge in [0.2, 0.25) is 0 Å². The van der Waals surface area contributed by atoms with Crippen molar-refractivity contribution in [3.8, 4) is 0 Å². The van der Waals surface area contributed by atoms with E-state index in [-0.39, 0.29) is 12.0 Å². The summed E-state index contributed by atoms with van der Waals surface area (Å²) in [5.74, 6) is 0.524. The number of thiazole rings is 1. The third kappa shape index (κ3) is 3.16. The zero-order valence-electron chi connectivity index (χ0n) is 11.5. The number of nitrogens with zero attached hydrogens (tertiary/aromatic N) is 2. The van der Waals surface area contributed by atoms with Crippen LogP contribution >= 0.6 is 11.3 Å². The Balaban J connectivity index is 1.96. The van der Waals surface area contributed by atoms with Gasteiger partial charge in [-0.15, -0.1) is 0 Å². The number of aromatic nitrogens is 1. The number of hydrogen-bond acceptors (Lipinski definition) is 6. The number of ether oxygens (including phenoxy) is 1. The molecule has 19 heavy (non-hydrogen) atoms. The van der Waals surface area contributed by atoms with Crippen molar-refractivity contribution in [1.82, 2.24) is 10.3 Å². The van der Waals surface area contributed by atoms with Crippen molar-refractivity contribution in [3.63, 3.8) is 0 Å². The first kappa shape index (κ1) is 14.1. The number of hydrogen-bond donors (Lipinski definition) is 2. The lowest BCUT2D eigenvalue weighted by atomic mass is 10.0. The predicted molar refractivity (Wildman–Crippen MR) is 76.7 cm³/mol. The molecule has 0 aliphatic carbocycles. The zero-order chi connectivity index (χ0) is 14.0. The Kier molecular flexibility index (Phi) is 4.26. The molecule has 2 unspecified atom stereocenters. The van der Waals surface area contributed by atoms with E-state index in [0.717, 1.165) is 18.2 Å². The van der Waals surface area contributed by atoms with Crippen LogP contribution in [0, 0.1) is 5.92 Å². The van der Waals surface area contributed by atoms with Gasteiger partial charge in [0, 0.05) is 33.2 Å². The Bertz CT molecular complexity index is 461. The van der Waals surface area contributed by atoms with Crippen molar-refractivity contribution >= 4 is 28.2 Å². The molecule has 0 radical (unpaired) electrons. The van der Waals surface area contributed by atoms with Crippen molar-refractivity contribution in [3.05, 3.63) is 4.88 Å². The standard InChI is InChI=1S/C12H20N4O2S/c1-7-8(4-5-18-7)6-14-11(17)9-10(13)15-12(19-9)16(2)3/h7-8H,4-6,13H2,1-3H3,(H,14,17). The average Bonchev–Trinajstić information content (AvgIpc) is 2.93. The van der Waals surface area contributed by atoms with E-state index in [1.807, 2.05) is 25.9 Å². The second kappa shape index (κ2) is 5.75. The lowest BCUT2D eigenvalue weighted by Gasteiger charge is -2.14. The molecule has 106 valence electrons. The average molecular weight is 284 g/mol. The molecule has 2 rings (SSSR count). The Morgan fingerprint density at radius 1 is 1.63 bits per heavy atom. The molecule has 1 aromatic heterocycles. The SMILES string of the molecule is CC1OCCC1CNC(=O)c1sc(N(C)C)nc1N.